The van der Waals surface area contributed by atoms with Gasteiger partial charge in [0.1, 0.15) is 0 Å². The van der Waals surface area contributed by atoms with E-state index in [0.717, 1.165) is 35.5 Å². The van der Waals surface area contributed by atoms with Crippen molar-refractivity contribution in [3.63, 3.8) is 0 Å². The standard InChI is InChI=1S/C14H21BrN2O2/c1-9-12(16)4-5-17(9)8-10-6-13(18-2)14(19-3)7-11(10)15/h6-7,9,12H,4-5,8,16H2,1-3H3. The van der Waals surface area contributed by atoms with Gasteiger partial charge < -0.3 is 15.2 Å². The highest BCUT2D eigenvalue weighted by molar-refractivity contribution is 9.10. The van der Waals surface area contributed by atoms with Crippen LogP contribution < -0.4 is 15.2 Å². The Bertz CT molecular complexity index is 453. The number of hydrogen-bond acceptors (Lipinski definition) is 4. The highest BCUT2D eigenvalue weighted by Gasteiger charge is 2.28. The van der Waals surface area contributed by atoms with E-state index in [4.69, 9.17) is 15.2 Å². The highest BCUT2D eigenvalue weighted by Crippen LogP contribution is 2.34. The molecular weight excluding hydrogens is 308 g/mol. The van der Waals surface area contributed by atoms with E-state index in [9.17, 15) is 0 Å². The molecule has 0 radical (unpaired) electrons. The van der Waals surface area contributed by atoms with Gasteiger partial charge in [0.15, 0.2) is 11.5 Å². The summed E-state index contributed by atoms with van der Waals surface area (Å²) in [6.45, 7) is 4.10. The topological polar surface area (TPSA) is 47.7 Å². The van der Waals surface area contributed by atoms with Gasteiger partial charge in [-0.3, -0.25) is 4.90 Å². The van der Waals surface area contributed by atoms with Crippen LogP contribution in [0.25, 0.3) is 0 Å². The van der Waals surface area contributed by atoms with E-state index in [1.54, 1.807) is 14.2 Å². The van der Waals surface area contributed by atoms with Gasteiger partial charge in [-0.25, -0.2) is 0 Å². The number of likely N-dealkylation sites (tertiary alicyclic amines) is 1. The van der Waals surface area contributed by atoms with Crippen LogP contribution in [0.5, 0.6) is 11.5 Å². The van der Waals surface area contributed by atoms with Crippen LogP contribution in [0.15, 0.2) is 16.6 Å². The Labute approximate surface area is 123 Å². The van der Waals surface area contributed by atoms with Crippen molar-refractivity contribution in [1.82, 2.24) is 4.90 Å². The van der Waals surface area contributed by atoms with E-state index >= 15 is 0 Å². The first-order valence-electron chi connectivity index (χ1n) is 6.46. The van der Waals surface area contributed by atoms with E-state index in [1.807, 2.05) is 12.1 Å². The van der Waals surface area contributed by atoms with Gasteiger partial charge in [-0.2, -0.15) is 0 Å². The van der Waals surface area contributed by atoms with Crippen LogP contribution in [-0.2, 0) is 6.54 Å². The Morgan fingerprint density at radius 2 is 1.95 bits per heavy atom. The maximum atomic E-state index is 6.06. The smallest absolute Gasteiger partial charge is 0.161 e. The summed E-state index contributed by atoms with van der Waals surface area (Å²) in [4.78, 5) is 2.40. The van der Waals surface area contributed by atoms with E-state index < -0.39 is 0 Å². The fourth-order valence-electron chi connectivity index (χ4n) is 2.49. The average Bonchev–Trinajstić information content (AvgIpc) is 2.72. The molecule has 2 N–H and O–H groups in total. The fraction of sp³-hybridized carbons (Fsp3) is 0.571. The summed E-state index contributed by atoms with van der Waals surface area (Å²) < 4.78 is 11.7. The van der Waals surface area contributed by atoms with Gasteiger partial charge in [-0.05, 0) is 31.0 Å². The Balaban J connectivity index is 2.21. The summed E-state index contributed by atoms with van der Waals surface area (Å²) in [5, 5.41) is 0. The second kappa shape index (κ2) is 6.11. The molecule has 0 aromatic heterocycles. The van der Waals surface area contributed by atoms with Gasteiger partial charge in [0.05, 0.1) is 14.2 Å². The summed E-state index contributed by atoms with van der Waals surface area (Å²) >= 11 is 3.60. The number of benzene rings is 1. The van der Waals surface area contributed by atoms with Crippen LogP contribution in [0.2, 0.25) is 0 Å². The summed E-state index contributed by atoms with van der Waals surface area (Å²) in [5.41, 5.74) is 7.26. The number of methoxy groups -OCH3 is 2. The summed E-state index contributed by atoms with van der Waals surface area (Å²) in [5.74, 6) is 1.50. The molecule has 5 heteroatoms. The van der Waals surface area contributed by atoms with E-state index in [0.29, 0.717) is 6.04 Å². The third-order valence-electron chi connectivity index (χ3n) is 3.87. The minimum absolute atomic E-state index is 0.277. The molecule has 0 bridgehead atoms. The largest absolute Gasteiger partial charge is 0.493 e. The monoisotopic (exact) mass is 328 g/mol. The molecule has 2 unspecified atom stereocenters. The lowest BCUT2D eigenvalue weighted by molar-refractivity contribution is 0.250. The average molecular weight is 329 g/mol. The molecule has 1 fully saturated rings. The van der Waals surface area contributed by atoms with Crippen molar-refractivity contribution in [3.8, 4) is 11.5 Å². The number of hydrogen-bond donors (Lipinski definition) is 1. The van der Waals surface area contributed by atoms with Crippen molar-refractivity contribution < 1.29 is 9.47 Å². The van der Waals surface area contributed by atoms with E-state index in [1.165, 1.54) is 5.56 Å². The van der Waals surface area contributed by atoms with Crippen LogP contribution in [0, 0.1) is 0 Å². The molecule has 2 atom stereocenters. The Morgan fingerprint density at radius 3 is 2.47 bits per heavy atom. The van der Waals surface area contributed by atoms with Crippen molar-refractivity contribution in [2.24, 2.45) is 5.73 Å². The van der Waals surface area contributed by atoms with Crippen LogP contribution in [0.3, 0.4) is 0 Å². The number of nitrogens with two attached hydrogens (primary N) is 1. The lowest BCUT2D eigenvalue weighted by atomic mass is 10.1. The first-order valence-corrected chi connectivity index (χ1v) is 7.26. The minimum Gasteiger partial charge on any atom is -0.493 e. The molecule has 1 heterocycles. The zero-order valence-electron chi connectivity index (χ0n) is 11.6. The normalized spacial score (nSPS) is 23.6. The van der Waals surface area contributed by atoms with E-state index in [2.05, 4.69) is 27.8 Å². The maximum Gasteiger partial charge on any atom is 0.161 e. The van der Waals surface area contributed by atoms with Crippen molar-refractivity contribution in [1.29, 1.82) is 0 Å². The molecule has 0 aliphatic carbocycles. The van der Waals surface area contributed by atoms with Crippen LogP contribution in [-0.4, -0.2) is 37.7 Å². The maximum absolute atomic E-state index is 6.06. The summed E-state index contributed by atoms with van der Waals surface area (Å²) in [6, 6.07) is 4.67. The third-order valence-corrected chi connectivity index (χ3v) is 4.61. The Morgan fingerprint density at radius 1 is 1.32 bits per heavy atom. The predicted octanol–water partition coefficient (Wildman–Crippen LogP) is 2.39. The minimum atomic E-state index is 0.277. The van der Waals surface area contributed by atoms with Gasteiger partial charge in [0.25, 0.3) is 0 Å². The van der Waals surface area contributed by atoms with Gasteiger partial charge in [0, 0.05) is 29.6 Å². The summed E-state index contributed by atoms with van der Waals surface area (Å²) in [7, 11) is 3.30. The first kappa shape index (κ1) is 14.6. The van der Waals surface area contributed by atoms with Crippen molar-refractivity contribution in [2.45, 2.75) is 32.0 Å². The fourth-order valence-corrected chi connectivity index (χ4v) is 2.94. The summed E-state index contributed by atoms with van der Waals surface area (Å²) in [6.07, 6.45) is 1.06. The number of rotatable bonds is 4. The van der Waals surface area contributed by atoms with Crippen molar-refractivity contribution >= 4 is 15.9 Å². The van der Waals surface area contributed by atoms with Gasteiger partial charge in [-0.1, -0.05) is 15.9 Å². The predicted molar refractivity (Wildman–Crippen MR) is 79.7 cm³/mol. The number of nitrogens with zero attached hydrogens (tertiary/aromatic N) is 1. The number of halogens is 1. The molecule has 1 aromatic carbocycles. The molecule has 2 rings (SSSR count). The molecule has 1 aliphatic heterocycles. The quantitative estimate of drug-likeness (QED) is 0.921. The SMILES string of the molecule is COc1cc(Br)c(CN2CCC(N)C2C)cc1OC. The Hall–Kier alpha value is -0.780. The zero-order chi connectivity index (χ0) is 14.0. The van der Waals surface area contributed by atoms with Crippen LogP contribution in [0.4, 0.5) is 0 Å². The second-order valence-corrected chi connectivity index (χ2v) is 5.82. The van der Waals surface area contributed by atoms with E-state index in [-0.39, 0.29) is 6.04 Å². The molecular formula is C14H21BrN2O2. The Kier molecular flexibility index (Phi) is 4.71. The van der Waals surface area contributed by atoms with Gasteiger partial charge in [-0.15, -0.1) is 0 Å². The molecule has 1 saturated heterocycles. The zero-order valence-corrected chi connectivity index (χ0v) is 13.2. The van der Waals surface area contributed by atoms with Crippen LogP contribution in [0.1, 0.15) is 18.9 Å². The molecule has 106 valence electrons. The molecule has 0 amide bonds. The van der Waals surface area contributed by atoms with Crippen molar-refractivity contribution in [2.75, 3.05) is 20.8 Å². The first-order chi connectivity index (χ1) is 9.06. The highest BCUT2D eigenvalue weighted by atomic mass is 79.9. The molecule has 1 aliphatic rings. The molecule has 0 spiro atoms. The number of ether oxygens (including phenoxy) is 2. The molecule has 19 heavy (non-hydrogen) atoms. The third kappa shape index (κ3) is 3.04. The molecule has 0 saturated carbocycles. The lowest BCUT2D eigenvalue weighted by Crippen LogP contribution is -2.36. The van der Waals surface area contributed by atoms with Gasteiger partial charge >= 0.3 is 0 Å². The van der Waals surface area contributed by atoms with Gasteiger partial charge in [0.2, 0.25) is 0 Å². The van der Waals surface area contributed by atoms with Crippen LogP contribution >= 0.6 is 15.9 Å². The van der Waals surface area contributed by atoms with Crippen molar-refractivity contribution in [3.05, 3.63) is 22.2 Å². The molecule has 4 nitrogen and oxygen atoms in total. The second-order valence-electron chi connectivity index (χ2n) is 4.96. The molecule has 1 aromatic rings. The lowest BCUT2D eigenvalue weighted by Gasteiger charge is -2.24.